The van der Waals surface area contributed by atoms with Gasteiger partial charge in [0.1, 0.15) is 23.3 Å². The molecule has 1 saturated heterocycles. The first-order valence-electron chi connectivity index (χ1n) is 7.51. The molecule has 0 unspecified atom stereocenters. The number of hydrogen-bond donors (Lipinski definition) is 0. The number of rotatable bonds is 2. The molecule has 0 N–H and O–H groups in total. The first-order chi connectivity index (χ1) is 10.9. The van der Waals surface area contributed by atoms with E-state index in [1.54, 1.807) is 22.3 Å². The zero-order valence-corrected chi connectivity index (χ0v) is 14.3. The minimum atomic E-state index is -0.462. The second-order valence-corrected chi connectivity index (χ2v) is 7.19. The Labute approximate surface area is 138 Å². The van der Waals surface area contributed by atoms with Gasteiger partial charge in [-0.05, 0) is 20.8 Å². The lowest BCUT2D eigenvalue weighted by Gasteiger charge is -2.35. The fraction of sp³-hybridized carbons (Fsp3) is 0.533. The molecule has 1 fully saturated rings. The Morgan fingerprint density at radius 3 is 2.61 bits per heavy atom. The van der Waals surface area contributed by atoms with Crippen molar-refractivity contribution in [3.05, 3.63) is 17.7 Å². The number of nitrogens with zero attached hydrogens (tertiary/aromatic N) is 4. The number of carbonyl (C=O) groups excluding carboxylic acids is 1. The van der Waals surface area contributed by atoms with E-state index in [0.29, 0.717) is 13.1 Å². The van der Waals surface area contributed by atoms with Crippen molar-refractivity contribution >= 4 is 22.6 Å². The Bertz CT molecular complexity index is 655. The van der Waals surface area contributed by atoms with Gasteiger partial charge in [0.15, 0.2) is 5.13 Å². The van der Waals surface area contributed by atoms with Crippen molar-refractivity contribution in [2.45, 2.75) is 26.4 Å². The average molecular weight is 336 g/mol. The molecule has 0 aromatic carbocycles. The maximum atomic E-state index is 12.1. The molecule has 23 heavy (non-hydrogen) atoms. The highest BCUT2D eigenvalue weighted by molar-refractivity contribution is 7.14. The molecule has 0 radical (unpaired) electrons. The van der Waals surface area contributed by atoms with Gasteiger partial charge < -0.3 is 19.1 Å². The Balaban J connectivity index is 1.58. The van der Waals surface area contributed by atoms with Gasteiger partial charge in [-0.3, -0.25) is 0 Å². The first-order valence-corrected chi connectivity index (χ1v) is 8.39. The molecule has 3 heterocycles. The summed E-state index contributed by atoms with van der Waals surface area (Å²) in [7, 11) is 0. The molecular formula is C15H20N4O3S. The van der Waals surface area contributed by atoms with Crippen molar-refractivity contribution in [1.82, 2.24) is 15.0 Å². The van der Waals surface area contributed by atoms with Crippen molar-refractivity contribution < 1.29 is 14.1 Å². The summed E-state index contributed by atoms with van der Waals surface area (Å²) in [5.74, 6) is 0. The van der Waals surface area contributed by atoms with Crippen molar-refractivity contribution in [1.29, 1.82) is 0 Å². The van der Waals surface area contributed by atoms with Crippen LogP contribution in [0.4, 0.5) is 9.93 Å². The summed E-state index contributed by atoms with van der Waals surface area (Å²) in [5, 5.41) is 6.80. The highest BCUT2D eigenvalue weighted by Crippen LogP contribution is 2.27. The van der Waals surface area contributed by atoms with Crippen LogP contribution in [0.2, 0.25) is 0 Å². The van der Waals surface area contributed by atoms with E-state index in [9.17, 15) is 4.79 Å². The Hall–Kier alpha value is -2.09. The van der Waals surface area contributed by atoms with E-state index < -0.39 is 5.60 Å². The Morgan fingerprint density at radius 2 is 2.00 bits per heavy atom. The molecule has 0 spiro atoms. The predicted octanol–water partition coefficient (Wildman–Crippen LogP) is 2.86. The van der Waals surface area contributed by atoms with E-state index in [4.69, 9.17) is 9.26 Å². The number of piperazine rings is 1. The van der Waals surface area contributed by atoms with Gasteiger partial charge in [-0.1, -0.05) is 5.16 Å². The molecule has 1 amide bonds. The molecule has 7 nitrogen and oxygen atoms in total. The largest absolute Gasteiger partial charge is 0.444 e. The number of thiazole rings is 1. The number of anilines is 1. The molecule has 0 atom stereocenters. The normalized spacial score (nSPS) is 15.8. The average Bonchev–Trinajstić information content (AvgIpc) is 3.17. The number of carbonyl (C=O) groups is 1. The molecule has 2 aromatic rings. The second-order valence-electron chi connectivity index (χ2n) is 6.35. The van der Waals surface area contributed by atoms with Crippen LogP contribution in [0.15, 0.2) is 22.2 Å². The van der Waals surface area contributed by atoms with Crippen LogP contribution in [0.5, 0.6) is 0 Å². The number of aromatic nitrogens is 2. The van der Waals surface area contributed by atoms with E-state index in [0.717, 1.165) is 29.6 Å². The Kier molecular flexibility index (Phi) is 4.25. The van der Waals surface area contributed by atoms with E-state index in [1.165, 1.54) is 6.26 Å². The molecule has 0 aliphatic carbocycles. The van der Waals surface area contributed by atoms with Crippen LogP contribution < -0.4 is 4.90 Å². The molecule has 124 valence electrons. The van der Waals surface area contributed by atoms with Crippen LogP contribution in [0.25, 0.3) is 11.4 Å². The minimum absolute atomic E-state index is 0.250. The van der Waals surface area contributed by atoms with Crippen LogP contribution in [0.3, 0.4) is 0 Å². The van der Waals surface area contributed by atoms with E-state index >= 15 is 0 Å². The van der Waals surface area contributed by atoms with Crippen LogP contribution in [-0.4, -0.2) is 52.9 Å². The highest BCUT2D eigenvalue weighted by Gasteiger charge is 2.26. The molecule has 3 rings (SSSR count). The second kappa shape index (κ2) is 6.19. The van der Waals surface area contributed by atoms with Crippen LogP contribution in [-0.2, 0) is 4.74 Å². The van der Waals surface area contributed by atoms with Gasteiger partial charge >= 0.3 is 6.09 Å². The van der Waals surface area contributed by atoms with Crippen LogP contribution in [0.1, 0.15) is 20.8 Å². The monoisotopic (exact) mass is 336 g/mol. The molecule has 0 saturated carbocycles. The summed E-state index contributed by atoms with van der Waals surface area (Å²) in [4.78, 5) is 20.6. The third kappa shape index (κ3) is 3.82. The van der Waals surface area contributed by atoms with Crippen LogP contribution >= 0.6 is 11.3 Å². The third-order valence-electron chi connectivity index (χ3n) is 3.39. The number of ether oxygens (including phenoxy) is 1. The van der Waals surface area contributed by atoms with Crippen molar-refractivity contribution in [2.24, 2.45) is 0 Å². The van der Waals surface area contributed by atoms with Crippen molar-refractivity contribution in [3.8, 4) is 11.4 Å². The summed E-state index contributed by atoms with van der Waals surface area (Å²) >= 11 is 1.57. The molecular weight excluding hydrogens is 316 g/mol. The van der Waals surface area contributed by atoms with Gasteiger partial charge in [-0.25, -0.2) is 9.78 Å². The lowest BCUT2D eigenvalue weighted by atomic mass is 10.2. The molecule has 2 aromatic heterocycles. The van der Waals surface area contributed by atoms with Crippen LogP contribution in [0, 0.1) is 0 Å². The topological polar surface area (TPSA) is 71.7 Å². The maximum absolute atomic E-state index is 12.1. The smallest absolute Gasteiger partial charge is 0.410 e. The summed E-state index contributed by atoms with van der Waals surface area (Å²) in [6.07, 6.45) is 1.29. The minimum Gasteiger partial charge on any atom is -0.444 e. The Morgan fingerprint density at radius 1 is 1.26 bits per heavy atom. The standard InChI is InChI=1S/C15H20N4O3S/c1-15(2,3)22-14(20)19-7-5-18(6-8-19)13-16-12(10-23-13)11-4-9-21-17-11/h4,9-10H,5-8H2,1-3H3. The zero-order valence-electron chi connectivity index (χ0n) is 13.5. The quantitative estimate of drug-likeness (QED) is 0.840. The first kappa shape index (κ1) is 15.8. The SMILES string of the molecule is CC(C)(C)OC(=O)N1CCN(c2nc(-c3ccon3)cs2)CC1. The summed E-state index contributed by atoms with van der Waals surface area (Å²) < 4.78 is 10.3. The molecule has 1 aliphatic heterocycles. The van der Waals surface area contributed by atoms with Gasteiger partial charge in [-0.15, -0.1) is 11.3 Å². The van der Waals surface area contributed by atoms with Gasteiger partial charge in [-0.2, -0.15) is 0 Å². The predicted molar refractivity (Wildman–Crippen MR) is 87.6 cm³/mol. The van der Waals surface area contributed by atoms with Gasteiger partial charge in [0.05, 0.1) is 0 Å². The van der Waals surface area contributed by atoms with Crippen molar-refractivity contribution in [3.63, 3.8) is 0 Å². The summed E-state index contributed by atoms with van der Waals surface area (Å²) in [6, 6.07) is 1.79. The zero-order chi connectivity index (χ0) is 16.4. The van der Waals surface area contributed by atoms with Gasteiger partial charge in [0.2, 0.25) is 0 Å². The van der Waals surface area contributed by atoms with Gasteiger partial charge in [0.25, 0.3) is 0 Å². The fourth-order valence-corrected chi connectivity index (χ4v) is 3.15. The highest BCUT2D eigenvalue weighted by atomic mass is 32.1. The number of hydrogen-bond acceptors (Lipinski definition) is 7. The lowest BCUT2D eigenvalue weighted by molar-refractivity contribution is 0.0240. The third-order valence-corrected chi connectivity index (χ3v) is 4.30. The van der Waals surface area contributed by atoms with Gasteiger partial charge in [0, 0.05) is 37.6 Å². The molecule has 1 aliphatic rings. The van der Waals surface area contributed by atoms with E-state index in [1.807, 2.05) is 26.2 Å². The van der Waals surface area contributed by atoms with E-state index in [2.05, 4.69) is 15.0 Å². The molecule has 8 heteroatoms. The fourth-order valence-electron chi connectivity index (χ4n) is 2.28. The van der Waals surface area contributed by atoms with E-state index in [-0.39, 0.29) is 6.09 Å². The summed E-state index contributed by atoms with van der Waals surface area (Å²) in [6.45, 7) is 8.38. The molecule has 0 bridgehead atoms. The summed E-state index contributed by atoms with van der Waals surface area (Å²) in [5.41, 5.74) is 1.09. The lowest BCUT2D eigenvalue weighted by Crippen LogP contribution is -2.50. The maximum Gasteiger partial charge on any atom is 0.410 e. The number of amides is 1. The van der Waals surface area contributed by atoms with Crippen molar-refractivity contribution in [2.75, 3.05) is 31.1 Å².